The number of ether oxygens (including phenoxy) is 1. The summed E-state index contributed by atoms with van der Waals surface area (Å²) in [5, 5.41) is 3.31. The molecule has 1 rings (SSSR count). The molecule has 0 aromatic carbocycles. The third kappa shape index (κ3) is 4.03. The Labute approximate surface area is 97.5 Å². The van der Waals surface area contributed by atoms with Crippen molar-refractivity contribution >= 4 is 0 Å². The SMILES string of the molecule is C=CCCC(Cc1ccc(OC)nc1)NC. The zero-order chi connectivity index (χ0) is 11.8. The van der Waals surface area contributed by atoms with Crippen molar-refractivity contribution in [3.63, 3.8) is 0 Å². The molecule has 88 valence electrons. The number of allylic oxidation sites excluding steroid dienone is 1. The first-order valence-corrected chi connectivity index (χ1v) is 5.57. The van der Waals surface area contributed by atoms with Crippen LogP contribution in [0.3, 0.4) is 0 Å². The van der Waals surface area contributed by atoms with Gasteiger partial charge < -0.3 is 10.1 Å². The van der Waals surface area contributed by atoms with Crippen LogP contribution < -0.4 is 10.1 Å². The Kier molecular flexibility index (Phi) is 5.57. The molecule has 1 aromatic rings. The molecule has 0 saturated carbocycles. The van der Waals surface area contributed by atoms with Gasteiger partial charge in [-0.2, -0.15) is 0 Å². The molecule has 0 aliphatic rings. The van der Waals surface area contributed by atoms with E-state index >= 15 is 0 Å². The van der Waals surface area contributed by atoms with Crippen molar-refractivity contribution in [2.75, 3.05) is 14.2 Å². The molecule has 3 heteroatoms. The first-order valence-electron chi connectivity index (χ1n) is 5.57. The molecule has 0 fully saturated rings. The van der Waals surface area contributed by atoms with E-state index in [-0.39, 0.29) is 0 Å². The Morgan fingerprint density at radius 1 is 1.56 bits per heavy atom. The molecule has 1 heterocycles. The van der Waals surface area contributed by atoms with Gasteiger partial charge in [-0.3, -0.25) is 0 Å². The van der Waals surface area contributed by atoms with Crippen molar-refractivity contribution in [2.24, 2.45) is 0 Å². The maximum Gasteiger partial charge on any atom is 0.212 e. The predicted molar refractivity (Wildman–Crippen MR) is 66.8 cm³/mol. The van der Waals surface area contributed by atoms with Crippen LogP contribution in [0, 0.1) is 0 Å². The number of aromatic nitrogens is 1. The number of methoxy groups -OCH3 is 1. The molecule has 3 nitrogen and oxygen atoms in total. The molecule has 0 saturated heterocycles. The molecule has 0 amide bonds. The van der Waals surface area contributed by atoms with Gasteiger partial charge >= 0.3 is 0 Å². The van der Waals surface area contributed by atoms with Gasteiger partial charge in [0.25, 0.3) is 0 Å². The van der Waals surface area contributed by atoms with Crippen molar-refractivity contribution in [3.8, 4) is 5.88 Å². The summed E-state index contributed by atoms with van der Waals surface area (Å²) in [6.07, 6.45) is 6.95. The van der Waals surface area contributed by atoms with Crippen molar-refractivity contribution in [1.82, 2.24) is 10.3 Å². The lowest BCUT2D eigenvalue weighted by atomic mass is 10.0. The molecule has 0 aliphatic carbocycles. The Morgan fingerprint density at radius 2 is 2.38 bits per heavy atom. The van der Waals surface area contributed by atoms with Crippen molar-refractivity contribution < 1.29 is 4.74 Å². The second-order valence-corrected chi connectivity index (χ2v) is 3.76. The highest BCUT2D eigenvalue weighted by atomic mass is 16.5. The lowest BCUT2D eigenvalue weighted by Crippen LogP contribution is -2.27. The fraction of sp³-hybridized carbons (Fsp3) is 0.462. The molecule has 0 aliphatic heterocycles. The molecule has 1 N–H and O–H groups in total. The van der Waals surface area contributed by atoms with Gasteiger partial charge in [-0.15, -0.1) is 6.58 Å². The predicted octanol–water partition coefficient (Wildman–Crippen LogP) is 2.19. The van der Waals surface area contributed by atoms with Crippen LogP contribution in [-0.2, 0) is 6.42 Å². The summed E-state index contributed by atoms with van der Waals surface area (Å²) < 4.78 is 5.03. The zero-order valence-corrected chi connectivity index (χ0v) is 10.1. The highest BCUT2D eigenvalue weighted by Crippen LogP contribution is 2.10. The van der Waals surface area contributed by atoms with E-state index in [9.17, 15) is 0 Å². The molecule has 1 unspecified atom stereocenters. The normalized spacial score (nSPS) is 12.1. The summed E-state index contributed by atoms with van der Waals surface area (Å²) >= 11 is 0. The van der Waals surface area contributed by atoms with Gasteiger partial charge in [0.2, 0.25) is 5.88 Å². The van der Waals surface area contributed by atoms with Gasteiger partial charge in [0, 0.05) is 18.3 Å². The van der Waals surface area contributed by atoms with E-state index in [4.69, 9.17) is 4.74 Å². The summed E-state index contributed by atoms with van der Waals surface area (Å²) in [6, 6.07) is 4.44. The van der Waals surface area contributed by atoms with E-state index < -0.39 is 0 Å². The van der Waals surface area contributed by atoms with E-state index in [1.165, 1.54) is 5.56 Å². The number of likely N-dealkylation sites (N-methyl/N-ethyl adjacent to an activating group) is 1. The van der Waals surface area contributed by atoms with Gasteiger partial charge in [0.05, 0.1) is 7.11 Å². The fourth-order valence-electron chi connectivity index (χ4n) is 1.60. The summed E-state index contributed by atoms with van der Waals surface area (Å²) in [5.74, 6) is 0.663. The standard InChI is InChI=1S/C13H20N2O/c1-4-5-6-12(14-2)9-11-7-8-13(16-3)15-10-11/h4,7-8,10,12,14H,1,5-6,9H2,2-3H3. The van der Waals surface area contributed by atoms with Crippen molar-refractivity contribution in [3.05, 3.63) is 36.5 Å². The molecule has 1 aromatic heterocycles. The maximum atomic E-state index is 5.03. The van der Waals surface area contributed by atoms with Gasteiger partial charge in [-0.25, -0.2) is 4.98 Å². The molecule has 0 radical (unpaired) electrons. The molecular formula is C13H20N2O. The Balaban J connectivity index is 2.52. The largest absolute Gasteiger partial charge is 0.481 e. The van der Waals surface area contributed by atoms with E-state index in [1.54, 1.807) is 7.11 Å². The number of rotatable bonds is 7. The van der Waals surface area contributed by atoms with Crippen LogP contribution in [0.4, 0.5) is 0 Å². The second-order valence-electron chi connectivity index (χ2n) is 3.76. The molecule has 0 bridgehead atoms. The zero-order valence-electron chi connectivity index (χ0n) is 10.1. The summed E-state index contributed by atoms with van der Waals surface area (Å²) in [6.45, 7) is 3.74. The molecule has 0 spiro atoms. The van der Waals surface area contributed by atoms with Crippen molar-refractivity contribution in [2.45, 2.75) is 25.3 Å². The monoisotopic (exact) mass is 220 g/mol. The number of nitrogens with zero attached hydrogens (tertiary/aromatic N) is 1. The minimum Gasteiger partial charge on any atom is -0.481 e. The van der Waals surface area contributed by atoms with E-state index in [2.05, 4.69) is 22.9 Å². The maximum absolute atomic E-state index is 5.03. The van der Waals surface area contributed by atoms with Crippen LogP contribution in [0.25, 0.3) is 0 Å². The Bertz CT molecular complexity index is 308. The number of pyridine rings is 1. The first-order chi connectivity index (χ1) is 7.80. The van der Waals surface area contributed by atoms with Gasteiger partial charge in [-0.05, 0) is 31.9 Å². The number of nitrogens with one attached hydrogen (secondary N) is 1. The smallest absolute Gasteiger partial charge is 0.212 e. The van der Waals surface area contributed by atoms with Crippen LogP contribution in [0.2, 0.25) is 0 Å². The summed E-state index contributed by atoms with van der Waals surface area (Å²) in [4.78, 5) is 4.19. The van der Waals surface area contributed by atoms with Crippen LogP contribution in [0.1, 0.15) is 18.4 Å². The minimum absolute atomic E-state index is 0.480. The molecule has 1 atom stereocenters. The average molecular weight is 220 g/mol. The minimum atomic E-state index is 0.480. The Hall–Kier alpha value is -1.35. The van der Waals surface area contributed by atoms with Crippen LogP contribution in [0.15, 0.2) is 31.0 Å². The molecular weight excluding hydrogens is 200 g/mol. The third-order valence-electron chi connectivity index (χ3n) is 2.62. The van der Waals surface area contributed by atoms with Crippen LogP contribution in [-0.4, -0.2) is 25.2 Å². The van der Waals surface area contributed by atoms with E-state index in [0.717, 1.165) is 19.3 Å². The summed E-state index contributed by atoms with van der Waals surface area (Å²) in [5.41, 5.74) is 1.23. The van der Waals surface area contributed by atoms with Crippen molar-refractivity contribution in [1.29, 1.82) is 0 Å². The lowest BCUT2D eigenvalue weighted by Gasteiger charge is -2.15. The highest BCUT2D eigenvalue weighted by Gasteiger charge is 2.06. The van der Waals surface area contributed by atoms with Gasteiger partial charge in [0.1, 0.15) is 0 Å². The number of hydrogen-bond acceptors (Lipinski definition) is 3. The third-order valence-corrected chi connectivity index (χ3v) is 2.62. The van der Waals surface area contributed by atoms with Crippen LogP contribution >= 0.6 is 0 Å². The highest BCUT2D eigenvalue weighted by molar-refractivity contribution is 5.18. The fourth-order valence-corrected chi connectivity index (χ4v) is 1.60. The number of hydrogen-bond donors (Lipinski definition) is 1. The first kappa shape index (κ1) is 12.7. The van der Waals surface area contributed by atoms with Gasteiger partial charge in [-0.1, -0.05) is 12.1 Å². The average Bonchev–Trinajstić information content (AvgIpc) is 2.35. The molecule has 16 heavy (non-hydrogen) atoms. The van der Waals surface area contributed by atoms with Gasteiger partial charge in [0.15, 0.2) is 0 Å². The lowest BCUT2D eigenvalue weighted by molar-refractivity contribution is 0.397. The van der Waals surface area contributed by atoms with E-state index in [1.807, 2.05) is 25.4 Å². The summed E-state index contributed by atoms with van der Waals surface area (Å²) in [7, 11) is 3.62. The second kappa shape index (κ2) is 7.01. The topological polar surface area (TPSA) is 34.1 Å². The Morgan fingerprint density at radius 3 is 2.88 bits per heavy atom. The van der Waals surface area contributed by atoms with E-state index in [0.29, 0.717) is 11.9 Å². The van der Waals surface area contributed by atoms with Crippen LogP contribution in [0.5, 0.6) is 5.88 Å². The quantitative estimate of drug-likeness (QED) is 0.715.